The Hall–Kier alpha value is -4.07. The number of nitrogens with zero attached hydrogens (tertiary/aromatic N) is 2. The number of carbonyl (C=O) groups is 1. The highest BCUT2D eigenvalue weighted by molar-refractivity contribution is 5.93. The maximum atomic E-state index is 12.8. The molecule has 0 bridgehead atoms. The minimum absolute atomic E-state index is 0.144. The highest BCUT2D eigenvalue weighted by atomic mass is 16.5. The van der Waals surface area contributed by atoms with E-state index in [1.807, 2.05) is 38.1 Å². The maximum absolute atomic E-state index is 12.8. The summed E-state index contributed by atoms with van der Waals surface area (Å²) in [6, 6.07) is 13.2. The summed E-state index contributed by atoms with van der Waals surface area (Å²) in [5, 5.41) is 7.94. The van der Waals surface area contributed by atoms with Crippen molar-refractivity contribution < 1.29 is 18.7 Å². The highest BCUT2D eigenvalue weighted by Crippen LogP contribution is 2.36. The van der Waals surface area contributed by atoms with E-state index in [1.54, 1.807) is 29.8 Å². The molecule has 2 aromatic heterocycles. The number of methoxy groups -OCH3 is 2. The smallest absolute Gasteiger partial charge is 0.340 e. The van der Waals surface area contributed by atoms with E-state index in [0.717, 1.165) is 16.9 Å². The molecule has 8 nitrogen and oxygen atoms in total. The molecule has 1 amide bonds. The topological polar surface area (TPSA) is 95.6 Å². The standard InChI is InChI=1S/C25H25N3O5/c1-14-6-8-17(9-7-14)28-15(2)12-21(27-28)26-22(29)13-19-16(3)18-10-11-20(31-4)24(32-5)23(18)33-25(19)30/h6-12H,13H2,1-5H3,(H,26,27,29). The zero-order valence-corrected chi connectivity index (χ0v) is 19.2. The van der Waals surface area contributed by atoms with E-state index in [4.69, 9.17) is 13.9 Å². The van der Waals surface area contributed by atoms with Crippen LogP contribution < -0.4 is 20.4 Å². The number of hydrogen-bond donors (Lipinski definition) is 1. The molecule has 0 spiro atoms. The minimum Gasteiger partial charge on any atom is -0.493 e. The number of anilines is 1. The molecule has 0 aliphatic heterocycles. The van der Waals surface area contributed by atoms with Gasteiger partial charge in [0.05, 0.1) is 31.9 Å². The molecule has 0 unspecified atom stereocenters. The number of benzene rings is 2. The molecule has 1 N–H and O–H groups in total. The first-order valence-corrected chi connectivity index (χ1v) is 10.4. The molecule has 0 radical (unpaired) electrons. The van der Waals surface area contributed by atoms with Crippen molar-refractivity contribution in [3.63, 3.8) is 0 Å². The molecule has 8 heteroatoms. The van der Waals surface area contributed by atoms with E-state index in [2.05, 4.69) is 10.4 Å². The van der Waals surface area contributed by atoms with Crippen LogP contribution in [-0.2, 0) is 11.2 Å². The number of rotatable bonds is 6. The van der Waals surface area contributed by atoms with Gasteiger partial charge in [-0.3, -0.25) is 4.79 Å². The van der Waals surface area contributed by atoms with Gasteiger partial charge < -0.3 is 19.2 Å². The number of aryl methyl sites for hydroxylation is 3. The second kappa shape index (κ2) is 8.82. The van der Waals surface area contributed by atoms with E-state index in [0.29, 0.717) is 28.3 Å². The van der Waals surface area contributed by atoms with E-state index in [9.17, 15) is 9.59 Å². The number of fused-ring (bicyclic) bond motifs is 1. The highest BCUT2D eigenvalue weighted by Gasteiger charge is 2.20. The van der Waals surface area contributed by atoms with Gasteiger partial charge in [0.1, 0.15) is 0 Å². The Morgan fingerprint density at radius 2 is 1.79 bits per heavy atom. The Morgan fingerprint density at radius 3 is 2.45 bits per heavy atom. The van der Waals surface area contributed by atoms with Crippen LogP contribution in [0.1, 0.15) is 22.4 Å². The quantitative estimate of drug-likeness (QED) is 0.447. The fourth-order valence-electron chi connectivity index (χ4n) is 3.80. The number of hydrogen-bond acceptors (Lipinski definition) is 6. The van der Waals surface area contributed by atoms with Crippen molar-refractivity contribution in [1.29, 1.82) is 0 Å². The molecule has 4 rings (SSSR count). The van der Waals surface area contributed by atoms with Gasteiger partial charge in [-0.05, 0) is 50.6 Å². The summed E-state index contributed by atoms with van der Waals surface area (Å²) < 4.78 is 17.9. The number of carbonyl (C=O) groups excluding carboxylic acids is 1. The third kappa shape index (κ3) is 4.19. The van der Waals surface area contributed by atoms with Crippen molar-refractivity contribution in [1.82, 2.24) is 9.78 Å². The molecule has 4 aromatic rings. The molecule has 0 aliphatic carbocycles. The average molecular weight is 447 g/mol. The van der Waals surface area contributed by atoms with Crippen LogP contribution in [0.5, 0.6) is 11.5 Å². The normalized spacial score (nSPS) is 10.9. The molecule has 0 fully saturated rings. The fraction of sp³-hybridized carbons (Fsp3) is 0.240. The second-order valence-corrected chi connectivity index (χ2v) is 7.81. The van der Waals surface area contributed by atoms with Crippen LogP contribution in [0.4, 0.5) is 5.82 Å². The molecule has 2 heterocycles. The molecule has 0 atom stereocenters. The molecular formula is C25H25N3O5. The summed E-state index contributed by atoms with van der Waals surface area (Å²) in [5.41, 5.74) is 3.54. The zero-order valence-electron chi connectivity index (χ0n) is 19.2. The first-order valence-electron chi connectivity index (χ1n) is 10.4. The monoisotopic (exact) mass is 447 g/mol. The first kappa shape index (κ1) is 22.1. The van der Waals surface area contributed by atoms with Crippen molar-refractivity contribution in [2.45, 2.75) is 27.2 Å². The fourth-order valence-corrected chi connectivity index (χ4v) is 3.80. The van der Waals surface area contributed by atoms with Gasteiger partial charge in [0.2, 0.25) is 11.7 Å². The Labute approximate surface area is 190 Å². The lowest BCUT2D eigenvalue weighted by Crippen LogP contribution is -2.21. The summed E-state index contributed by atoms with van der Waals surface area (Å²) in [6.45, 7) is 5.71. The Kier molecular flexibility index (Phi) is 5.91. The molecule has 0 saturated heterocycles. The molecular weight excluding hydrogens is 422 g/mol. The van der Waals surface area contributed by atoms with Gasteiger partial charge in [0, 0.05) is 17.1 Å². The third-order valence-corrected chi connectivity index (χ3v) is 5.57. The molecule has 170 valence electrons. The predicted molar refractivity (Wildman–Crippen MR) is 126 cm³/mol. The molecule has 0 saturated carbocycles. The minimum atomic E-state index is -0.594. The summed E-state index contributed by atoms with van der Waals surface area (Å²) in [4.78, 5) is 25.5. The Morgan fingerprint density at radius 1 is 1.06 bits per heavy atom. The van der Waals surface area contributed by atoms with Gasteiger partial charge in [-0.1, -0.05) is 17.7 Å². The van der Waals surface area contributed by atoms with Crippen LogP contribution in [0, 0.1) is 20.8 Å². The predicted octanol–water partition coefficient (Wildman–Crippen LogP) is 4.10. The van der Waals surface area contributed by atoms with Crippen molar-refractivity contribution >= 4 is 22.7 Å². The lowest BCUT2D eigenvalue weighted by molar-refractivity contribution is -0.115. The van der Waals surface area contributed by atoms with Crippen molar-refractivity contribution in [2.75, 3.05) is 19.5 Å². The summed E-state index contributed by atoms with van der Waals surface area (Å²) in [5.74, 6) is 0.840. The maximum Gasteiger partial charge on any atom is 0.340 e. The van der Waals surface area contributed by atoms with Crippen molar-refractivity contribution in [2.24, 2.45) is 0 Å². The van der Waals surface area contributed by atoms with Crippen LogP contribution in [0.2, 0.25) is 0 Å². The summed E-state index contributed by atoms with van der Waals surface area (Å²) in [7, 11) is 2.99. The van der Waals surface area contributed by atoms with Gasteiger partial charge in [-0.25, -0.2) is 9.48 Å². The number of ether oxygens (including phenoxy) is 2. The summed E-state index contributed by atoms with van der Waals surface area (Å²) in [6.07, 6.45) is -0.144. The molecule has 2 aromatic carbocycles. The second-order valence-electron chi connectivity index (χ2n) is 7.81. The lowest BCUT2D eigenvalue weighted by Gasteiger charge is -2.12. The van der Waals surface area contributed by atoms with Gasteiger partial charge in [-0.2, -0.15) is 0 Å². The number of amides is 1. The Balaban J connectivity index is 1.60. The van der Waals surface area contributed by atoms with Crippen LogP contribution >= 0.6 is 0 Å². The lowest BCUT2D eigenvalue weighted by atomic mass is 10.0. The van der Waals surface area contributed by atoms with Crippen LogP contribution in [0.3, 0.4) is 0 Å². The van der Waals surface area contributed by atoms with Crippen LogP contribution in [-0.4, -0.2) is 29.9 Å². The first-order chi connectivity index (χ1) is 15.8. The van der Waals surface area contributed by atoms with E-state index < -0.39 is 5.63 Å². The number of nitrogens with one attached hydrogen (secondary N) is 1. The van der Waals surface area contributed by atoms with E-state index in [1.165, 1.54) is 14.2 Å². The zero-order chi connectivity index (χ0) is 23.7. The Bertz CT molecular complexity index is 1400. The van der Waals surface area contributed by atoms with Gasteiger partial charge in [0.25, 0.3) is 0 Å². The molecule has 33 heavy (non-hydrogen) atoms. The van der Waals surface area contributed by atoms with Gasteiger partial charge in [0.15, 0.2) is 17.2 Å². The van der Waals surface area contributed by atoms with Crippen LogP contribution in [0.15, 0.2) is 51.7 Å². The molecule has 0 aliphatic rings. The SMILES string of the molecule is COc1ccc2c(C)c(CC(=O)Nc3cc(C)n(-c4ccc(C)cc4)n3)c(=O)oc2c1OC. The van der Waals surface area contributed by atoms with Crippen molar-refractivity contribution in [3.8, 4) is 17.2 Å². The van der Waals surface area contributed by atoms with E-state index >= 15 is 0 Å². The van der Waals surface area contributed by atoms with Gasteiger partial charge in [-0.15, -0.1) is 5.10 Å². The number of aromatic nitrogens is 2. The van der Waals surface area contributed by atoms with Crippen LogP contribution in [0.25, 0.3) is 16.7 Å². The van der Waals surface area contributed by atoms with E-state index in [-0.39, 0.29) is 23.5 Å². The summed E-state index contributed by atoms with van der Waals surface area (Å²) >= 11 is 0. The van der Waals surface area contributed by atoms with Gasteiger partial charge >= 0.3 is 5.63 Å². The largest absolute Gasteiger partial charge is 0.493 e. The average Bonchev–Trinajstić information content (AvgIpc) is 3.15. The third-order valence-electron chi connectivity index (χ3n) is 5.57. The van der Waals surface area contributed by atoms with Crippen molar-refractivity contribution in [3.05, 3.63) is 75.3 Å².